The van der Waals surface area contributed by atoms with Gasteiger partial charge in [0.05, 0.1) is 6.54 Å². The first kappa shape index (κ1) is 19.8. The molecule has 126 valence electrons. The van der Waals surface area contributed by atoms with Crippen LogP contribution in [0.5, 0.6) is 5.75 Å². The molecule has 0 atom stereocenters. The number of halogens is 1. The first-order valence-corrected chi connectivity index (χ1v) is 8.29. The number of guanidine groups is 1. The maximum absolute atomic E-state index is 5.87. The summed E-state index contributed by atoms with van der Waals surface area (Å²) in [5.74, 6) is 1.77. The number of para-hydroxylation sites is 1. The zero-order chi connectivity index (χ0) is 15.8. The van der Waals surface area contributed by atoms with Gasteiger partial charge in [0.2, 0.25) is 0 Å². The number of ether oxygens (including phenoxy) is 1. The molecular weight excluding hydrogens is 421 g/mol. The second kappa shape index (κ2) is 10.5. The molecule has 0 fully saturated rings. The van der Waals surface area contributed by atoms with Crippen LogP contribution in [-0.2, 0) is 6.54 Å². The fourth-order valence-electron chi connectivity index (χ4n) is 2.15. The second-order valence-corrected chi connectivity index (χ2v) is 5.83. The summed E-state index contributed by atoms with van der Waals surface area (Å²) in [4.78, 5) is 4.21. The van der Waals surface area contributed by atoms with Crippen LogP contribution in [0.25, 0.3) is 0 Å². The van der Waals surface area contributed by atoms with E-state index < -0.39 is 0 Å². The maximum Gasteiger partial charge on any atom is 0.191 e. The number of nitrogens with one attached hydrogen (secondary N) is 2. The molecule has 2 rings (SSSR count). The lowest BCUT2D eigenvalue weighted by Gasteiger charge is -2.14. The van der Waals surface area contributed by atoms with Crippen LogP contribution in [-0.4, -0.2) is 26.2 Å². The highest BCUT2D eigenvalue weighted by molar-refractivity contribution is 14.0. The molecule has 0 unspecified atom stereocenters. The van der Waals surface area contributed by atoms with Gasteiger partial charge in [-0.1, -0.05) is 18.2 Å². The average molecular weight is 445 g/mol. The predicted octanol–water partition coefficient (Wildman–Crippen LogP) is 3.73. The Morgan fingerprint density at radius 1 is 1.17 bits per heavy atom. The van der Waals surface area contributed by atoms with Gasteiger partial charge >= 0.3 is 0 Å². The molecule has 1 aromatic carbocycles. The van der Waals surface area contributed by atoms with Gasteiger partial charge in [-0.2, -0.15) is 11.3 Å². The summed E-state index contributed by atoms with van der Waals surface area (Å²) in [6.45, 7) is 6.22. The average Bonchev–Trinajstić information content (AvgIpc) is 3.02. The Labute approximate surface area is 159 Å². The predicted molar refractivity (Wildman–Crippen MR) is 109 cm³/mol. The molecular formula is C17H24IN3OS. The lowest BCUT2D eigenvalue weighted by atomic mass is 10.1. The second-order valence-electron chi connectivity index (χ2n) is 5.05. The first-order chi connectivity index (χ1) is 10.7. The van der Waals surface area contributed by atoms with Gasteiger partial charge in [0.25, 0.3) is 0 Å². The minimum atomic E-state index is 0. The monoisotopic (exact) mass is 445 g/mol. The number of aryl methyl sites for hydroxylation is 2. The van der Waals surface area contributed by atoms with Crippen LogP contribution >= 0.6 is 35.3 Å². The van der Waals surface area contributed by atoms with Gasteiger partial charge < -0.3 is 15.4 Å². The molecule has 2 N–H and O–H groups in total. The van der Waals surface area contributed by atoms with E-state index >= 15 is 0 Å². The van der Waals surface area contributed by atoms with Crippen LogP contribution in [0.3, 0.4) is 0 Å². The van der Waals surface area contributed by atoms with Gasteiger partial charge in [-0.3, -0.25) is 4.99 Å². The van der Waals surface area contributed by atoms with Crippen molar-refractivity contribution in [3.05, 3.63) is 51.7 Å². The minimum Gasteiger partial charge on any atom is -0.491 e. The Bertz CT molecular complexity index is 594. The highest BCUT2D eigenvalue weighted by Gasteiger charge is 2.03. The molecule has 1 heterocycles. The summed E-state index contributed by atoms with van der Waals surface area (Å²) in [7, 11) is 1.77. The van der Waals surface area contributed by atoms with Crippen LogP contribution in [0.15, 0.2) is 40.0 Å². The Morgan fingerprint density at radius 2 is 1.91 bits per heavy atom. The molecule has 23 heavy (non-hydrogen) atoms. The number of aliphatic imine (C=N–C) groups is 1. The van der Waals surface area contributed by atoms with Crippen molar-refractivity contribution in [1.82, 2.24) is 10.6 Å². The minimum absolute atomic E-state index is 0. The van der Waals surface area contributed by atoms with E-state index in [2.05, 4.69) is 58.4 Å². The molecule has 4 nitrogen and oxygen atoms in total. The zero-order valence-electron chi connectivity index (χ0n) is 13.8. The van der Waals surface area contributed by atoms with Crippen LogP contribution in [0, 0.1) is 13.8 Å². The number of thiophene rings is 1. The van der Waals surface area contributed by atoms with Crippen molar-refractivity contribution in [2.75, 3.05) is 20.2 Å². The van der Waals surface area contributed by atoms with Crippen LogP contribution in [0.2, 0.25) is 0 Å². The maximum atomic E-state index is 5.87. The molecule has 0 spiro atoms. The van der Waals surface area contributed by atoms with Gasteiger partial charge in [0, 0.05) is 13.6 Å². The molecule has 0 aliphatic rings. The normalized spacial score (nSPS) is 10.8. The Balaban J connectivity index is 0.00000264. The quantitative estimate of drug-likeness (QED) is 0.308. The van der Waals surface area contributed by atoms with Gasteiger partial charge in [-0.15, -0.1) is 24.0 Å². The number of nitrogens with zero attached hydrogens (tertiary/aromatic N) is 1. The molecule has 0 bridgehead atoms. The van der Waals surface area contributed by atoms with E-state index in [4.69, 9.17) is 4.74 Å². The lowest BCUT2D eigenvalue weighted by Crippen LogP contribution is -2.38. The molecule has 0 aliphatic carbocycles. The van der Waals surface area contributed by atoms with Crippen molar-refractivity contribution in [2.45, 2.75) is 20.4 Å². The molecule has 0 amide bonds. The van der Waals surface area contributed by atoms with Crippen molar-refractivity contribution >= 4 is 41.3 Å². The summed E-state index contributed by atoms with van der Waals surface area (Å²) in [6.07, 6.45) is 0. The van der Waals surface area contributed by atoms with E-state index in [0.717, 1.165) is 18.3 Å². The van der Waals surface area contributed by atoms with E-state index in [0.29, 0.717) is 13.2 Å². The molecule has 2 aromatic rings. The molecule has 0 saturated carbocycles. The fraction of sp³-hybridized carbons (Fsp3) is 0.353. The summed E-state index contributed by atoms with van der Waals surface area (Å²) >= 11 is 1.70. The van der Waals surface area contributed by atoms with Crippen molar-refractivity contribution in [3.63, 3.8) is 0 Å². The standard InChI is InChI=1S/C17H23N3OS.HI/c1-13-5-4-6-14(2)16(13)21-9-8-19-17(18-3)20-11-15-7-10-22-12-15;/h4-7,10,12H,8-9,11H2,1-3H3,(H2,18,19,20);1H. The van der Waals surface area contributed by atoms with Gasteiger partial charge in [-0.05, 0) is 47.4 Å². The topological polar surface area (TPSA) is 45.7 Å². The van der Waals surface area contributed by atoms with Crippen molar-refractivity contribution in [1.29, 1.82) is 0 Å². The van der Waals surface area contributed by atoms with Crippen molar-refractivity contribution < 1.29 is 4.74 Å². The van der Waals surface area contributed by atoms with Gasteiger partial charge in [0.15, 0.2) is 5.96 Å². The molecule has 6 heteroatoms. The summed E-state index contributed by atoms with van der Waals surface area (Å²) in [5, 5.41) is 10.7. The van der Waals surface area contributed by atoms with Crippen LogP contribution in [0.1, 0.15) is 16.7 Å². The summed E-state index contributed by atoms with van der Waals surface area (Å²) in [5.41, 5.74) is 3.60. The number of hydrogen-bond donors (Lipinski definition) is 2. The third kappa shape index (κ3) is 6.39. The smallest absolute Gasteiger partial charge is 0.191 e. The molecule has 0 radical (unpaired) electrons. The largest absolute Gasteiger partial charge is 0.491 e. The number of benzene rings is 1. The number of hydrogen-bond acceptors (Lipinski definition) is 3. The lowest BCUT2D eigenvalue weighted by molar-refractivity contribution is 0.317. The molecule has 1 aromatic heterocycles. The third-order valence-corrected chi connectivity index (χ3v) is 4.05. The first-order valence-electron chi connectivity index (χ1n) is 7.35. The SMILES string of the molecule is CN=C(NCCOc1c(C)cccc1C)NCc1ccsc1.I. The van der Waals surface area contributed by atoms with E-state index in [9.17, 15) is 0 Å². The van der Waals surface area contributed by atoms with Crippen molar-refractivity contribution in [3.8, 4) is 5.75 Å². The Morgan fingerprint density at radius 3 is 2.52 bits per heavy atom. The summed E-state index contributed by atoms with van der Waals surface area (Å²) in [6, 6.07) is 8.29. The Hall–Kier alpha value is -1.28. The number of rotatable bonds is 6. The van der Waals surface area contributed by atoms with Gasteiger partial charge in [-0.25, -0.2) is 0 Å². The molecule has 0 aliphatic heterocycles. The van der Waals surface area contributed by atoms with Crippen LogP contribution < -0.4 is 15.4 Å². The van der Waals surface area contributed by atoms with E-state index in [-0.39, 0.29) is 24.0 Å². The van der Waals surface area contributed by atoms with Gasteiger partial charge in [0.1, 0.15) is 12.4 Å². The third-order valence-electron chi connectivity index (χ3n) is 3.31. The van der Waals surface area contributed by atoms with E-state index in [1.807, 2.05) is 6.07 Å². The van der Waals surface area contributed by atoms with Crippen LogP contribution in [0.4, 0.5) is 0 Å². The summed E-state index contributed by atoms with van der Waals surface area (Å²) < 4.78 is 5.87. The molecule has 0 saturated heterocycles. The highest BCUT2D eigenvalue weighted by atomic mass is 127. The highest BCUT2D eigenvalue weighted by Crippen LogP contribution is 2.21. The van der Waals surface area contributed by atoms with Crippen molar-refractivity contribution in [2.24, 2.45) is 4.99 Å². The zero-order valence-corrected chi connectivity index (χ0v) is 16.9. The van der Waals surface area contributed by atoms with E-state index in [1.54, 1.807) is 18.4 Å². The fourth-order valence-corrected chi connectivity index (χ4v) is 2.82. The van der Waals surface area contributed by atoms with E-state index in [1.165, 1.54) is 16.7 Å². The Kier molecular flexibility index (Phi) is 9.01.